The Bertz CT molecular complexity index is 272. The molecule has 3 heteroatoms. The monoisotopic (exact) mass is 159 g/mol. The van der Waals surface area contributed by atoms with E-state index in [2.05, 4.69) is 6.07 Å². The highest BCUT2D eigenvalue weighted by atomic mass is 14.5. The SMILES string of the molecule is N#CC1CCCCC1(C#N)C#N. The standard InChI is InChI=1S/C9H9N3/c10-5-8-3-1-2-4-9(8,6-11)7-12/h8H,1-4H2. The number of hydrogen-bond acceptors (Lipinski definition) is 3. The summed E-state index contributed by atoms with van der Waals surface area (Å²) in [6.07, 6.45) is 3.10. The molecule has 1 fully saturated rings. The topological polar surface area (TPSA) is 71.4 Å². The fourth-order valence-electron chi connectivity index (χ4n) is 1.64. The highest BCUT2D eigenvalue weighted by molar-refractivity contribution is 5.21. The van der Waals surface area contributed by atoms with Gasteiger partial charge in [0.2, 0.25) is 0 Å². The molecule has 0 amide bonds. The van der Waals surface area contributed by atoms with E-state index < -0.39 is 5.41 Å². The molecule has 0 aliphatic heterocycles. The van der Waals surface area contributed by atoms with Gasteiger partial charge in [0, 0.05) is 0 Å². The average Bonchev–Trinajstić information content (AvgIpc) is 2.17. The summed E-state index contributed by atoms with van der Waals surface area (Å²) in [5, 5.41) is 26.4. The number of nitriles is 3. The molecule has 12 heavy (non-hydrogen) atoms. The zero-order chi connectivity index (χ0) is 9.03. The minimum Gasteiger partial charge on any atom is -0.198 e. The van der Waals surface area contributed by atoms with E-state index in [-0.39, 0.29) is 5.92 Å². The van der Waals surface area contributed by atoms with Gasteiger partial charge < -0.3 is 0 Å². The molecule has 0 aromatic rings. The van der Waals surface area contributed by atoms with Crippen molar-refractivity contribution in [3.8, 4) is 18.2 Å². The zero-order valence-corrected chi connectivity index (χ0v) is 6.75. The summed E-state index contributed by atoms with van der Waals surface area (Å²) in [5.41, 5.74) is -1.02. The number of nitrogens with zero attached hydrogens (tertiary/aromatic N) is 3. The fraction of sp³-hybridized carbons (Fsp3) is 0.667. The molecule has 0 radical (unpaired) electrons. The lowest BCUT2D eigenvalue weighted by Crippen LogP contribution is -2.29. The largest absolute Gasteiger partial charge is 0.198 e. The Morgan fingerprint density at radius 1 is 1.08 bits per heavy atom. The molecule has 0 N–H and O–H groups in total. The van der Waals surface area contributed by atoms with Crippen LogP contribution < -0.4 is 0 Å². The van der Waals surface area contributed by atoms with Crippen LogP contribution in [0.1, 0.15) is 25.7 Å². The minimum atomic E-state index is -1.02. The second kappa shape index (κ2) is 3.24. The van der Waals surface area contributed by atoms with Gasteiger partial charge in [0.15, 0.2) is 5.41 Å². The van der Waals surface area contributed by atoms with Crippen molar-refractivity contribution in [3.63, 3.8) is 0 Å². The molecule has 1 aliphatic rings. The predicted octanol–water partition coefficient (Wildman–Crippen LogP) is 1.73. The Kier molecular flexibility index (Phi) is 2.32. The van der Waals surface area contributed by atoms with E-state index in [1.807, 2.05) is 12.1 Å². The molecule has 1 rings (SSSR count). The van der Waals surface area contributed by atoms with Crippen molar-refractivity contribution in [2.75, 3.05) is 0 Å². The Morgan fingerprint density at radius 2 is 1.75 bits per heavy atom. The minimum absolute atomic E-state index is 0.388. The lowest BCUT2D eigenvalue weighted by molar-refractivity contribution is 0.275. The van der Waals surface area contributed by atoms with Crippen LogP contribution in [0, 0.1) is 45.3 Å². The van der Waals surface area contributed by atoms with Crippen molar-refractivity contribution in [3.05, 3.63) is 0 Å². The second-order valence-corrected chi connectivity index (χ2v) is 3.12. The van der Waals surface area contributed by atoms with E-state index in [0.29, 0.717) is 12.8 Å². The summed E-state index contributed by atoms with van der Waals surface area (Å²) in [4.78, 5) is 0. The first-order valence-corrected chi connectivity index (χ1v) is 4.01. The van der Waals surface area contributed by atoms with E-state index in [1.165, 1.54) is 0 Å². The maximum Gasteiger partial charge on any atom is 0.159 e. The summed E-state index contributed by atoms with van der Waals surface area (Å²) in [7, 11) is 0. The van der Waals surface area contributed by atoms with Gasteiger partial charge >= 0.3 is 0 Å². The van der Waals surface area contributed by atoms with Crippen LogP contribution in [-0.2, 0) is 0 Å². The molecular weight excluding hydrogens is 150 g/mol. The first-order valence-electron chi connectivity index (χ1n) is 4.01. The van der Waals surface area contributed by atoms with Crippen molar-refractivity contribution in [2.45, 2.75) is 25.7 Å². The van der Waals surface area contributed by atoms with Crippen molar-refractivity contribution in [1.29, 1.82) is 15.8 Å². The Labute approximate surface area is 71.8 Å². The maximum atomic E-state index is 8.82. The summed E-state index contributed by atoms with van der Waals surface area (Å²) in [6.45, 7) is 0. The quantitative estimate of drug-likeness (QED) is 0.540. The summed E-state index contributed by atoms with van der Waals surface area (Å²) in [5.74, 6) is -0.388. The van der Waals surface area contributed by atoms with E-state index in [9.17, 15) is 0 Å². The van der Waals surface area contributed by atoms with Gasteiger partial charge in [0.1, 0.15) is 0 Å². The van der Waals surface area contributed by atoms with E-state index >= 15 is 0 Å². The lowest BCUT2D eigenvalue weighted by Gasteiger charge is -2.28. The highest BCUT2D eigenvalue weighted by Gasteiger charge is 2.41. The van der Waals surface area contributed by atoms with Gasteiger partial charge in [-0.1, -0.05) is 12.8 Å². The summed E-state index contributed by atoms with van der Waals surface area (Å²) in [6, 6.07) is 6.02. The molecular formula is C9H9N3. The third kappa shape index (κ3) is 1.13. The van der Waals surface area contributed by atoms with Crippen LogP contribution in [-0.4, -0.2) is 0 Å². The van der Waals surface area contributed by atoms with E-state index in [1.54, 1.807) is 0 Å². The van der Waals surface area contributed by atoms with E-state index in [0.717, 1.165) is 12.8 Å². The van der Waals surface area contributed by atoms with Crippen LogP contribution in [0.2, 0.25) is 0 Å². The van der Waals surface area contributed by atoms with Gasteiger partial charge in [0.25, 0.3) is 0 Å². The molecule has 1 atom stereocenters. The van der Waals surface area contributed by atoms with Crippen LogP contribution in [0.15, 0.2) is 0 Å². The van der Waals surface area contributed by atoms with Crippen molar-refractivity contribution in [1.82, 2.24) is 0 Å². The molecule has 1 saturated carbocycles. The van der Waals surface area contributed by atoms with Gasteiger partial charge in [-0.05, 0) is 12.8 Å². The van der Waals surface area contributed by atoms with Crippen molar-refractivity contribution < 1.29 is 0 Å². The first-order chi connectivity index (χ1) is 5.79. The van der Waals surface area contributed by atoms with Crippen LogP contribution in [0.25, 0.3) is 0 Å². The number of hydrogen-bond donors (Lipinski definition) is 0. The van der Waals surface area contributed by atoms with Gasteiger partial charge in [-0.2, -0.15) is 15.8 Å². The summed E-state index contributed by atoms with van der Waals surface area (Å²) < 4.78 is 0. The molecule has 0 aromatic carbocycles. The molecule has 0 aromatic heterocycles. The fourth-order valence-corrected chi connectivity index (χ4v) is 1.64. The van der Waals surface area contributed by atoms with E-state index in [4.69, 9.17) is 15.8 Å². The first kappa shape index (κ1) is 8.57. The molecule has 60 valence electrons. The average molecular weight is 159 g/mol. The Morgan fingerprint density at radius 3 is 2.17 bits per heavy atom. The lowest BCUT2D eigenvalue weighted by atomic mass is 9.69. The molecule has 0 heterocycles. The molecule has 0 bridgehead atoms. The molecule has 1 aliphatic carbocycles. The predicted molar refractivity (Wildman–Crippen MR) is 41.2 cm³/mol. The molecule has 1 unspecified atom stereocenters. The van der Waals surface area contributed by atoms with Crippen molar-refractivity contribution in [2.24, 2.45) is 11.3 Å². The summed E-state index contributed by atoms with van der Waals surface area (Å²) >= 11 is 0. The van der Waals surface area contributed by atoms with Crippen LogP contribution in [0.3, 0.4) is 0 Å². The Hall–Kier alpha value is -1.53. The normalized spacial score (nSPS) is 26.2. The van der Waals surface area contributed by atoms with Gasteiger partial charge in [-0.25, -0.2) is 0 Å². The smallest absolute Gasteiger partial charge is 0.159 e. The van der Waals surface area contributed by atoms with Crippen LogP contribution >= 0.6 is 0 Å². The molecule has 3 nitrogen and oxygen atoms in total. The maximum absolute atomic E-state index is 8.82. The number of rotatable bonds is 0. The van der Waals surface area contributed by atoms with Crippen LogP contribution in [0.5, 0.6) is 0 Å². The van der Waals surface area contributed by atoms with Crippen LogP contribution in [0.4, 0.5) is 0 Å². The third-order valence-corrected chi connectivity index (χ3v) is 2.46. The van der Waals surface area contributed by atoms with Gasteiger partial charge in [-0.15, -0.1) is 0 Å². The van der Waals surface area contributed by atoms with Crippen molar-refractivity contribution >= 4 is 0 Å². The zero-order valence-electron chi connectivity index (χ0n) is 6.75. The highest BCUT2D eigenvalue weighted by Crippen LogP contribution is 2.39. The third-order valence-electron chi connectivity index (χ3n) is 2.46. The molecule has 0 spiro atoms. The second-order valence-electron chi connectivity index (χ2n) is 3.12. The van der Waals surface area contributed by atoms with Gasteiger partial charge in [0.05, 0.1) is 24.1 Å². The Balaban J connectivity index is 2.94. The molecule has 0 saturated heterocycles. The van der Waals surface area contributed by atoms with Gasteiger partial charge in [-0.3, -0.25) is 0 Å².